The molecule has 24 heavy (non-hydrogen) atoms. The molecule has 0 aromatic heterocycles. The smallest absolute Gasteiger partial charge is 0.305 e. The Labute approximate surface area is 154 Å². The van der Waals surface area contributed by atoms with Crippen molar-refractivity contribution in [2.75, 3.05) is 6.61 Å². The van der Waals surface area contributed by atoms with E-state index in [0.717, 1.165) is 12.8 Å². The van der Waals surface area contributed by atoms with Gasteiger partial charge in [-0.25, -0.2) is 0 Å². The van der Waals surface area contributed by atoms with E-state index in [1.54, 1.807) is 0 Å². The van der Waals surface area contributed by atoms with Gasteiger partial charge in [0.1, 0.15) is 0 Å². The van der Waals surface area contributed by atoms with E-state index in [1.807, 2.05) is 6.92 Å². The molecule has 0 spiro atoms. The highest BCUT2D eigenvalue weighted by Gasteiger charge is 1.99. The third-order valence-corrected chi connectivity index (χ3v) is 3.70. The molecule has 0 aromatic rings. The Hall–Kier alpha value is -0.530. The van der Waals surface area contributed by atoms with Crippen LogP contribution in [-0.2, 0) is 9.53 Å². The number of ether oxygens (including phenoxy) is 1. The summed E-state index contributed by atoms with van der Waals surface area (Å²) < 4.78 is 4.81. The lowest BCUT2D eigenvalue weighted by atomic mass is 10.1. The number of esters is 1. The third-order valence-electron chi connectivity index (χ3n) is 3.70. The van der Waals surface area contributed by atoms with Crippen LogP contribution >= 0.6 is 0 Å². The van der Waals surface area contributed by atoms with Crippen molar-refractivity contribution in [3.05, 3.63) is 0 Å². The quantitative estimate of drug-likeness (QED) is 0.249. The Kier molecular flexibility index (Phi) is 35.8. The van der Waals surface area contributed by atoms with E-state index in [0.29, 0.717) is 13.0 Å². The van der Waals surface area contributed by atoms with Crippen molar-refractivity contribution in [1.82, 2.24) is 0 Å². The van der Waals surface area contributed by atoms with E-state index in [1.165, 1.54) is 70.6 Å². The van der Waals surface area contributed by atoms with Crippen LogP contribution in [0.3, 0.4) is 0 Å². The van der Waals surface area contributed by atoms with Crippen LogP contribution in [0.2, 0.25) is 0 Å². The van der Waals surface area contributed by atoms with Gasteiger partial charge in [0, 0.05) is 6.42 Å². The molecule has 0 radical (unpaired) electrons. The minimum atomic E-state index is -0.0472. The molecule has 0 aliphatic rings. The summed E-state index contributed by atoms with van der Waals surface area (Å²) in [5, 5.41) is 0. The maximum atomic E-state index is 10.9. The van der Waals surface area contributed by atoms with Crippen molar-refractivity contribution in [1.29, 1.82) is 0 Å². The van der Waals surface area contributed by atoms with Gasteiger partial charge in [0.05, 0.1) is 6.61 Å². The first-order valence-electron chi connectivity index (χ1n) is 10.8. The lowest BCUT2D eigenvalue weighted by Gasteiger charge is -2.00. The van der Waals surface area contributed by atoms with Gasteiger partial charge in [0.15, 0.2) is 0 Å². The zero-order chi connectivity index (χ0) is 18.9. The predicted molar refractivity (Wildman–Crippen MR) is 110 cm³/mol. The molecule has 0 aliphatic heterocycles. The molecule has 0 amide bonds. The Morgan fingerprint density at radius 2 is 0.875 bits per heavy atom. The largest absolute Gasteiger partial charge is 0.466 e. The van der Waals surface area contributed by atoms with Crippen LogP contribution < -0.4 is 0 Å². The highest BCUT2D eigenvalue weighted by Crippen LogP contribution is 2.05. The molecule has 0 N–H and O–H groups in total. The molecule has 0 saturated carbocycles. The Morgan fingerprint density at radius 3 is 1.21 bits per heavy atom. The van der Waals surface area contributed by atoms with Crippen molar-refractivity contribution >= 4 is 5.97 Å². The highest BCUT2D eigenvalue weighted by atomic mass is 16.5. The van der Waals surface area contributed by atoms with E-state index in [4.69, 9.17) is 4.74 Å². The molecular formula is C22H48O2. The Balaban J connectivity index is -0.000000309. The van der Waals surface area contributed by atoms with Crippen LogP contribution in [0.5, 0.6) is 0 Å². The molecule has 0 rings (SSSR count). The number of hydrogen-bond donors (Lipinski definition) is 0. The van der Waals surface area contributed by atoms with Crippen molar-refractivity contribution in [3.8, 4) is 0 Å². The fourth-order valence-electron chi connectivity index (χ4n) is 2.11. The van der Waals surface area contributed by atoms with Crippen LogP contribution in [0.15, 0.2) is 0 Å². The zero-order valence-electron chi connectivity index (χ0n) is 17.9. The normalized spacial score (nSPS) is 9.42. The Morgan fingerprint density at radius 1 is 0.542 bits per heavy atom. The molecule has 0 bridgehead atoms. The van der Waals surface area contributed by atoms with Crippen molar-refractivity contribution in [2.45, 2.75) is 131 Å². The molecule has 148 valence electrons. The molecule has 0 aliphatic carbocycles. The van der Waals surface area contributed by atoms with Crippen LogP contribution in [0.1, 0.15) is 131 Å². The lowest BCUT2D eigenvalue weighted by Crippen LogP contribution is -2.02. The molecule has 0 heterocycles. The summed E-state index contributed by atoms with van der Waals surface area (Å²) in [6.07, 6.45) is 17.6. The summed E-state index contributed by atoms with van der Waals surface area (Å²) in [7, 11) is 0. The fourth-order valence-corrected chi connectivity index (χ4v) is 2.11. The summed E-state index contributed by atoms with van der Waals surface area (Å²) in [4.78, 5) is 10.9. The minimum absolute atomic E-state index is 0.0472. The van der Waals surface area contributed by atoms with Gasteiger partial charge in [-0.05, 0) is 13.3 Å². The second kappa shape index (κ2) is 30.4. The van der Waals surface area contributed by atoms with E-state index >= 15 is 0 Å². The number of carbonyl (C=O) groups is 1. The van der Waals surface area contributed by atoms with Gasteiger partial charge in [-0.1, -0.05) is 112 Å². The van der Waals surface area contributed by atoms with Crippen LogP contribution in [-0.4, -0.2) is 12.6 Å². The van der Waals surface area contributed by atoms with Gasteiger partial charge in [-0.15, -0.1) is 0 Å². The molecule has 0 fully saturated rings. The maximum absolute atomic E-state index is 10.9. The number of rotatable bonds is 13. The van der Waals surface area contributed by atoms with Crippen LogP contribution in [0.25, 0.3) is 0 Å². The molecule has 2 heteroatoms. The molecule has 0 unspecified atom stereocenters. The fraction of sp³-hybridized carbons (Fsp3) is 0.955. The van der Waals surface area contributed by atoms with Gasteiger partial charge in [-0.3, -0.25) is 4.79 Å². The maximum Gasteiger partial charge on any atom is 0.305 e. The minimum Gasteiger partial charge on any atom is -0.466 e. The van der Waals surface area contributed by atoms with Crippen molar-refractivity contribution in [3.63, 3.8) is 0 Å². The monoisotopic (exact) mass is 344 g/mol. The standard InChI is InChI=1S/C10H20O2.2C6H14/c1-3-5-6-7-8-9-10(11)12-4-2;2*1-3-5-6-4-2/h3-9H2,1-2H3;2*3-6H2,1-2H3. The average molecular weight is 345 g/mol. The number of carbonyl (C=O) groups excluding carboxylic acids is 1. The average Bonchev–Trinajstić information content (AvgIpc) is 2.59. The molecular weight excluding hydrogens is 296 g/mol. The summed E-state index contributed by atoms with van der Waals surface area (Å²) in [5.41, 5.74) is 0. The van der Waals surface area contributed by atoms with E-state index < -0.39 is 0 Å². The van der Waals surface area contributed by atoms with Crippen LogP contribution in [0, 0.1) is 0 Å². The highest BCUT2D eigenvalue weighted by molar-refractivity contribution is 5.69. The molecule has 0 aromatic carbocycles. The van der Waals surface area contributed by atoms with Gasteiger partial charge in [0.25, 0.3) is 0 Å². The van der Waals surface area contributed by atoms with Crippen molar-refractivity contribution < 1.29 is 9.53 Å². The first kappa shape index (κ1) is 28.3. The first-order chi connectivity index (χ1) is 11.6. The second-order valence-electron chi connectivity index (χ2n) is 6.38. The summed E-state index contributed by atoms with van der Waals surface area (Å²) in [6, 6.07) is 0. The first-order valence-corrected chi connectivity index (χ1v) is 10.8. The van der Waals surface area contributed by atoms with Gasteiger partial charge < -0.3 is 4.74 Å². The SMILES string of the molecule is CCCCCC.CCCCCC.CCCCCCCC(=O)OCC. The third kappa shape index (κ3) is 37.6. The van der Waals surface area contributed by atoms with E-state index in [-0.39, 0.29) is 5.97 Å². The van der Waals surface area contributed by atoms with E-state index in [9.17, 15) is 4.79 Å². The topological polar surface area (TPSA) is 26.3 Å². The van der Waals surface area contributed by atoms with Gasteiger partial charge in [0.2, 0.25) is 0 Å². The van der Waals surface area contributed by atoms with Gasteiger partial charge in [-0.2, -0.15) is 0 Å². The second-order valence-corrected chi connectivity index (χ2v) is 6.38. The zero-order valence-corrected chi connectivity index (χ0v) is 17.9. The molecule has 0 saturated heterocycles. The van der Waals surface area contributed by atoms with Crippen LogP contribution in [0.4, 0.5) is 0 Å². The number of hydrogen-bond acceptors (Lipinski definition) is 2. The van der Waals surface area contributed by atoms with E-state index in [2.05, 4.69) is 34.6 Å². The summed E-state index contributed by atoms with van der Waals surface area (Å²) in [6.45, 7) is 13.5. The van der Waals surface area contributed by atoms with Gasteiger partial charge >= 0.3 is 5.97 Å². The summed E-state index contributed by atoms with van der Waals surface area (Å²) in [5.74, 6) is -0.0472. The molecule has 2 nitrogen and oxygen atoms in total. The number of unbranched alkanes of at least 4 members (excludes halogenated alkanes) is 10. The summed E-state index contributed by atoms with van der Waals surface area (Å²) >= 11 is 0. The van der Waals surface area contributed by atoms with Crippen molar-refractivity contribution in [2.24, 2.45) is 0 Å². The lowest BCUT2D eigenvalue weighted by molar-refractivity contribution is -0.143. The molecule has 0 atom stereocenters. The predicted octanol–water partition coefficient (Wildman–Crippen LogP) is 8.08. The Bertz CT molecular complexity index is 186.